The summed E-state index contributed by atoms with van der Waals surface area (Å²) in [5, 5.41) is 0.0698. The Hall–Kier alpha value is -0.320. The molecule has 2 atom stereocenters. The van der Waals surface area contributed by atoms with Crippen LogP contribution in [0.3, 0.4) is 0 Å². The molecule has 1 nitrogen and oxygen atoms in total. The van der Waals surface area contributed by atoms with Crippen LogP contribution in [0.2, 0.25) is 0 Å². The van der Waals surface area contributed by atoms with E-state index in [2.05, 4.69) is 37.8 Å². The second-order valence-electron chi connectivity index (χ2n) is 3.81. The van der Waals surface area contributed by atoms with E-state index in [4.69, 9.17) is 0 Å². The van der Waals surface area contributed by atoms with Crippen LogP contribution in [0.4, 0.5) is 0 Å². The van der Waals surface area contributed by atoms with Gasteiger partial charge in [-0.25, -0.2) is 0 Å². The lowest BCUT2D eigenvalue weighted by atomic mass is 10.2. The van der Waals surface area contributed by atoms with Crippen LogP contribution in [0, 0.1) is 0 Å². The van der Waals surface area contributed by atoms with Gasteiger partial charge in [0.15, 0.2) is 0 Å². The first-order valence-electron chi connectivity index (χ1n) is 5.34. The predicted molar refractivity (Wildman–Crippen MR) is 80.4 cm³/mol. The van der Waals surface area contributed by atoms with Gasteiger partial charge in [0, 0.05) is 5.75 Å². The Bertz CT molecular complexity index is 418. The summed E-state index contributed by atoms with van der Waals surface area (Å²) in [5.74, 6) is 1.00. The van der Waals surface area contributed by atoms with E-state index in [1.165, 1.54) is 23.4 Å². The van der Waals surface area contributed by atoms with Gasteiger partial charge in [0.2, 0.25) is 5.12 Å². The molecule has 0 bridgehead atoms. The first-order chi connectivity index (χ1) is 8.14. The van der Waals surface area contributed by atoms with E-state index in [0.717, 1.165) is 5.75 Å². The summed E-state index contributed by atoms with van der Waals surface area (Å²) in [5.41, 5.74) is 1.32. The molecule has 0 spiro atoms. The van der Waals surface area contributed by atoms with Gasteiger partial charge in [0.25, 0.3) is 0 Å². The van der Waals surface area contributed by atoms with Crippen molar-refractivity contribution in [1.82, 2.24) is 0 Å². The Labute approximate surface area is 115 Å². The van der Waals surface area contributed by atoms with E-state index in [1.807, 2.05) is 29.6 Å². The Kier molecular flexibility index (Phi) is 4.28. The van der Waals surface area contributed by atoms with Crippen molar-refractivity contribution in [3.63, 3.8) is 0 Å². The predicted octanol–water partition coefficient (Wildman–Crippen LogP) is 4.11. The molecule has 0 aromatic heterocycles. The van der Waals surface area contributed by atoms with Gasteiger partial charge in [0.1, 0.15) is 0 Å². The fraction of sp³-hybridized carbons (Fsp3) is 0.308. The highest BCUT2D eigenvalue weighted by atomic mass is 32.2. The molecule has 1 heterocycles. The second-order valence-corrected chi connectivity index (χ2v) is 8.63. The summed E-state index contributed by atoms with van der Waals surface area (Å²) in [6.45, 7) is 5.74. The quantitative estimate of drug-likeness (QED) is 0.776. The van der Waals surface area contributed by atoms with E-state index in [9.17, 15) is 4.79 Å². The maximum atomic E-state index is 11.3. The summed E-state index contributed by atoms with van der Waals surface area (Å²) in [6, 6.07) is 10.5. The van der Waals surface area contributed by atoms with Crippen LogP contribution < -0.4 is 0 Å². The number of rotatable bonds is 3. The molecule has 0 radical (unpaired) electrons. The van der Waals surface area contributed by atoms with Gasteiger partial charge in [0.05, 0.1) is 8.66 Å². The molecule has 0 saturated carbocycles. The van der Waals surface area contributed by atoms with Crippen molar-refractivity contribution in [3.05, 3.63) is 48.6 Å². The van der Waals surface area contributed by atoms with Crippen LogP contribution >= 0.6 is 35.3 Å². The SMILES string of the molecule is C=CC(=O)SC1CSC(C)(c2ccccc2)S1. The van der Waals surface area contributed by atoms with Crippen molar-refractivity contribution in [2.45, 2.75) is 15.6 Å². The molecule has 0 aliphatic carbocycles. The van der Waals surface area contributed by atoms with Crippen molar-refractivity contribution in [1.29, 1.82) is 0 Å². The third-order valence-corrected chi connectivity index (χ3v) is 7.44. The number of benzene rings is 1. The van der Waals surface area contributed by atoms with Crippen LogP contribution in [0.1, 0.15) is 12.5 Å². The lowest BCUT2D eigenvalue weighted by Gasteiger charge is -2.22. The Morgan fingerprint density at radius 3 is 2.88 bits per heavy atom. The van der Waals surface area contributed by atoms with Crippen molar-refractivity contribution >= 4 is 40.4 Å². The number of hydrogen-bond acceptors (Lipinski definition) is 4. The summed E-state index contributed by atoms with van der Waals surface area (Å²) >= 11 is 5.17. The lowest BCUT2D eigenvalue weighted by Crippen LogP contribution is -2.08. The summed E-state index contributed by atoms with van der Waals surface area (Å²) in [4.78, 5) is 11.3. The van der Waals surface area contributed by atoms with Crippen LogP contribution in [0.25, 0.3) is 0 Å². The van der Waals surface area contributed by atoms with Gasteiger partial charge >= 0.3 is 0 Å². The zero-order chi connectivity index (χ0) is 12.3. The third kappa shape index (κ3) is 3.12. The summed E-state index contributed by atoms with van der Waals surface area (Å²) < 4.78 is 0.399. The van der Waals surface area contributed by atoms with Gasteiger partial charge in [-0.05, 0) is 18.6 Å². The average molecular weight is 282 g/mol. The molecular weight excluding hydrogens is 268 g/mol. The fourth-order valence-electron chi connectivity index (χ4n) is 1.67. The van der Waals surface area contributed by atoms with Crippen molar-refractivity contribution in [3.8, 4) is 0 Å². The number of carbonyl (C=O) groups excluding carboxylic acids is 1. The minimum atomic E-state index is 0.0698. The second kappa shape index (κ2) is 5.55. The molecule has 0 amide bonds. The van der Waals surface area contributed by atoms with E-state index < -0.39 is 0 Å². The van der Waals surface area contributed by atoms with E-state index >= 15 is 0 Å². The van der Waals surface area contributed by atoms with Crippen LogP contribution in [0.5, 0.6) is 0 Å². The highest BCUT2D eigenvalue weighted by molar-refractivity contribution is 8.32. The Balaban J connectivity index is 2.06. The van der Waals surface area contributed by atoms with E-state index in [0.29, 0.717) is 4.58 Å². The topological polar surface area (TPSA) is 17.1 Å². The Morgan fingerprint density at radius 1 is 1.53 bits per heavy atom. The molecule has 2 rings (SSSR count). The monoisotopic (exact) mass is 282 g/mol. The maximum absolute atomic E-state index is 11.3. The molecule has 1 aliphatic heterocycles. The van der Waals surface area contributed by atoms with Crippen LogP contribution in [-0.4, -0.2) is 15.5 Å². The fourth-order valence-corrected chi connectivity index (χ4v) is 6.57. The maximum Gasteiger partial charge on any atom is 0.212 e. The zero-order valence-electron chi connectivity index (χ0n) is 9.59. The smallest absolute Gasteiger partial charge is 0.212 e. The molecule has 1 aromatic rings. The van der Waals surface area contributed by atoms with Crippen molar-refractivity contribution in [2.75, 3.05) is 5.75 Å². The van der Waals surface area contributed by atoms with E-state index in [1.54, 1.807) is 0 Å². The van der Waals surface area contributed by atoms with Crippen molar-refractivity contribution < 1.29 is 4.79 Å². The third-order valence-electron chi connectivity index (χ3n) is 2.56. The summed E-state index contributed by atoms with van der Waals surface area (Å²) in [6.07, 6.45) is 1.40. The molecule has 1 saturated heterocycles. The average Bonchev–Trinajstić information content (AvgIpc) is 2.73. The number of hydrogen-bond donors (Lipinski definition) is 0. The normalized spacial score (nSPS) is 27.9. The first-order valence-corrected chi connectivity index (χ1v) is 8.09. The first kappa shape index (κ1) is 13.1. The number of thioether (sulfide) groups is 3. The summed E-state index contributed by atoms with van der Waals surface area (Å²) in [7, 11) is 0. The molecule has 17 heavy (non-hydrogen) atoms. The molecule has 1 aliphatic rings. The molecule has 1 aromatic carbocycles. The molecular formula is C13H14OS3. The highest BCUT2D eigenvalue weighted by Gasteiger charge is 2.38. The lowest BCUT2D eigenvalue weighted by molar-refractivity contribution is -0.107. The van der Waals surface area contributed by atoms with Gasteiger partial charge in [-0.3, -0.25) is 4.79 Å². The molecule has 4 heteroatoms. The molecule has 0 N–H and O–H groups in total. The molecule has 90 valence electrons. The zero-order valence-corrected chi connectivity index (χ0v) is 12.0. The van der Waals surface area contributed by atoms with Gasteiger partial charge in [-0.2, -0.15) is 0 Å². The Morgan fingerprint density at radius 2 is 2.24 bits per heavy atom. The van der Waals surface area contributed by atoms with Crippen LogP contribution in [0.15, 0.2) is 43.0 Å². The van der Waals surface area contributed by atoms with E-state index in [-0.39, 0.29) is 9.19 Å². The van der Waals surface area contributed by atoms with Gasteiger partial charge in [-0.1, -0.05) is 48.7 Å². The standard InChI is InChI=1S/C13H14OS3/c1-3-11(14)16-12-9-15-13(2,17-12)10-7-5-4-6-8-10/h3-8,12H,1,9H2,2H3. The molecule has 1 fully saturated rings. The van der Waals surface area contributed by atoms with Crippen molar-refractivity contribution in [2.24, 2.45) is 0 Å². The number of carbonyl (C=O) groups is 1. The van der Waals surface area contributed by atoms with Gasteiger partial charge < -0.3 is 0 Å². The minimum Gasteiger partial charge on any atom is -0.282 e. The minimum absolute atomic E-state index is 0.0698. The largest absolute Gasteiger partial charge is 0.282 e. The van der Waals surface area contributed by atoms with Gasteiger partial charge in [-0.15, -0.1) is 23.5 Å². The highest BCUT2D eigenvalue weighted by Crippen LogP contribution is 2.57. The van der Waals surface area contributed by atoms with Crippen LogP contribution in [-0.2, 0) is 8.87 Å². The molecule has 2 unspecified atom stereocenters.